The first-order chi connectivity index (χ1) is 5.42. The van der Waals surface area contributed by atoms with Crippen LogP contribution in [0, 0.1) is 23.7 Å². The molecule has 3 aliphatic rings. The van der Waals surface area contributed by atoms with Gasteiger partial charge in [-0.05, 0) is 55.0 Å². The molecule has 2 heteroatoms. The Morgan fingerprint density at radius 3 is 2.55 bits per heavy atom. The average Bonchev–Trinajstić information content (AvgIpc) is 1.96. The van der Waals surface area contributed by atoms with E-state index in [0.717, 1.165) is 23.7 Å². The zero-order valence-electron chi connectivity index (χ0n) is 6.82. The van der Waals surface area contributed by atoms with Gasteiger partial charge in [0.2, 0.25) is 0 Å². The van der Waals surface area contributed by atoms with Crippen molar-refractivity contribution >= 4 is 12.0 Å². The summed E-state index contributed by atoms with van der Waals surface area (Å²) >= 11 is 1.55. The number of hydrogen-bond donors (Lipinski definition) is 0. The Bertz CT molecular complexity index is 176. The van der Waals surface area contributed by atoms with Gasteiger partial charge in [-0.25, -0.2) is 0 Å². The van der Waals surface area contributed by atoms with Crippen LogP contribution in [-0.2, 0) is 4.18 Å². The van der Waals surface area contributed by atoms with Crippen molar-refractivity contribution in [3.8, 4) is 0 Å². The third-order valence-electron chi connectivity index (χ3n) is 4.08. The first kappa shape index (κ1) is 6.79. The number of hydrogen-bond acceptors (Lipinski definition) is 2. The molecule has 3 rings (SSSR count). The molecule has 1 nitrogen and oxygen atoms in total. The van der Waals surface area contributed by atoms with Crippen LogP contribution in [-0.4, -0.2) is 12.4 Å². The highest BCUT2D eigenvalue weighted by Gasteiger charge is 2.64. The second kappa shape index (κ2) is 2.17. The molecule has 3 aliphatic carbocycles. The van der Waals surface area contributed by atoms with Gasteiger partial charge in [0.15, 0.2) is 0 Å². The fourth-order valence-electron chi connectivity index (χ4n) is 3.36. The molecule has 0 amide bonds. The largest absolute Gasteiger partial charge is 0.312 e. The van der Waals surface area contributed by atoms with Gasteiger partial charge < -0.3 is 4.18 Å². The molecular formula is C9H14OS. The lowest BCUT2D eigenvalue weighted by atomic mass is 9.38. The maximum atomic E-state index is 5.58. The molecule has 0 N–H and O–H groups in total. The van der Waals surface area contributed by atoms with E-state index < -0.39 is 0 Å². The van der Waals surface area contributed by atoms with Gasteiger partial charge in [0.05, 0.1) is 6.10 Å². The van der Waals surface area contributed by atoms with Gasteiger partial charge in [-0.15, -0.1) is 0 Å². The Labute approximate surface area is 72.1 Å². The van der Waals surface area contributed by atoms with Crippen LogP contribution in [0.2, 0.25) is 0 Å². The number of rotatable bonds is 2. The molecule has 0 aromatic heterocycles. The third-order valence-corrected chi connectivity index (χ3v) is 4.52. The Morgan fingerprint density at radius 2 is 2.00 bits per heavy atom. The molecule has 3 fully saturated rings. The average molecular weight is 170 g/mol. The molecule has 62 valence electrons. The Hall–Kier alpha value is 0.310. The van der Waals surface area contributed by atoms with Gasteiger partial charge in [0.25, 0.3) is 0 Å². The minimum atomic E-state index is 0.636. The summed E-state index contributed by atoms with van der Waals surface area (Å²) in [6.45, 7) is 0. The minimum absolute atomic E-state index is 0.636. The lowest BCUT2D eigenvalue weighted by molar-refractivity contribution is -0.220. The van der Waals surface area contributed by atoms with Crippen LogP contribution in [0.4, 0.5) is 0 Å². The summed E-state index contributed by atoms with van der Waals surface area (Å²) in [5.41, 5.74) is 0. The van der Waals surface area contributed by atoms with E-state index in [1.807, 2.05) is 6.26 Å². The summed E-state index contributed by atoms with van der Waals surface area (Å²) in [4.78, 5) is 0. The van der Waals surface area contributed by atoms with Crippen molar-refractivity contribution in [2.45, 2.75) is 25.4 Å². The molecule has 11 heavy (non-hydrogen) atoms. The monoisotopic (exact) mass is 170 g/mol. The molecule has 0 aliphatic heterocycles. The maximum absolute atomic E-state index is 5.58. The molecule has 3 saturated carbocycles. The van der Waals surface area contributed by atoms with Crippen molar-refractivity contribution in [3.05, 3.63) is 0 Å². The van der Waals surface area contributed by atoms with Gasteiger partial charge in [-0.2, -0.15) is 0 Å². The Kier molecular flexibility index (Phi) is 1.34. The molecule has 0 heterocycles. The van der Waals surface area contributed by atoms with Gasteiger partial charge >= 0.3 is 0 Å². The molecule has 0 bridgehead atoms. The van der Waals surface area contributed by atoms with Gasteiger partial charge in [-0.3, -0.25) is 0 Å². The summed E-state index contributed by atoms with van der Waals surface area (Å²) in [5, 5.41) is 0. The lowest BCUT2D eigenvalue weighted by Gasteiger charge is -2.68. The van der Waals surface area contributed by atoms with E-state index >= 15 is 0 Å². The van der Waals surface area contributed by atoms with Crippen LogP contribution < -0.4 is 0 Å². The summed E-state index contributed by atoms with van der Waals surface area (Å²) in [6.07, 6.45) is 7.06. The van der Waals surface area contributed by atoms with E-state index in [1.165, 1.54) is 19.3 Å². The second-order valence-electron chi connectivity index (χ2n) is 4.18. The number of fused-ring (bicyclic) bond motifs is 4. The van der Waals surface area contributed by atoms with E-state index in [0.29, 0.717) is 6.10 Å². The molecule has 0 radical (unpaired) electrons. The first-order valence-corrected chi connectivity index (χ1v) is 5.76. The Balaban J connectivity index is 1.62. The molecule has 0 aromatic carbocycles. The topological polar surface area (TPSA) is 9.23 Å². The summed E-state index contributed by atoms with van der Waals surface area (Å²) in [5.74, 6) is 4.31. The maximum Gasteiger partial charge on any atom is 0.0758 e. The van der Waals surface area contributed by atoms with E-state index in [-0.39, 0.29) is 0 Å². The van der Waals surface area contributed by atoms with Crippen molar-refractivity contribution in [1.82, 2.24) is 0 Å². The van der Waals surface area contributed by atoms with Gasteiger partial charge in [0, 0.05) is 6.26 Å². The molecule has 5 atom stereocenters. The quantitative estimate of drug-likeness (QED) is 0.588. The van der Waals surface area contributed by atoms with Crippen molar-refractivity contribution in [3.63, 3.8) is 0 Å². The van der Waals surface area contributed by atoms with E-state index in [9.17, 15) is 0 Å². The third kappa shape index (κ3) is 0.682. The van der Waals surface area contributed by atoms with E-state index in [4.69, 9.17) is 4.18 Å². The molecule has 5 unspecified atom stereocenters. The highest BCUT2D eigenvalue weighted by molar-refractivity contribution is 7.93. The highest BCUT2D eigenvalue weighted by atomic mass is 32.2. The molecule has 0 saturated heterocycles. The van der Waals surface area contributed by atoms with Gasteiger partial charge in [-0.1, -0.05) is 0 Å². The van der Waals surface area contributed by atoms with Crippen molar-refractivity contribution in [1.29, 1.82) is 0 Å². The highest BCUT2D eigenvalue weighted by Crippen LogP contribution is 2.67. The first-order valence-electron chi connectivity index (χ1n) is 4.61. The van der Waals surface area contributed by atoms with Crippen LogP contribution in [0.1, 0.15) is 19.3 Å². The second-order valence-corrected chi connectivity index (χ2v) is 4.71. The SMILES string of the molecule is CSOC1CC2C3CCC3C12. The standard InChI is InChI=1S/C9H14OS/c1-11-10-8-4-7-5-2-3-6(5)9(7)8/h5-9H,2-4H2,1H3. The van der Waals surface area contributed by atoms with E-state index in [1.54, 1.807) is 12.0 Å². The fraction of sp³-hybridized carbons (Fsp3) is 1.00. The Morgan fingerprint density at radius 1 is 1.18 bits per heavy atom. The zero-order valence-corrected chi connectivity index (χ0v) is 7.64. The van der Waals surface area contributed by atoms with E-state index in [2.05, 4.69) is 0 Å². The van der Waals surface area contributed by atoms with Crippen LogP contribution in [0.5, 0.6) is 0 Å². The minimum Gasteiger partial charge on any atom is -0.312 e. The smallest absolute Gasteiger partial charge is 0.0758 e. The normalized spacial score (nSPS) is 58.1. The van der Waals surface area contributed by atoms with Crippen LogP contribution >= 0.6 is 12.0 Å². The summed E-state index contributed by atoms with van der Waals surface area (Å²) in [6, 6.07) is 0. The van der Waals surface area contributed by atoms with Crippen molar-refractivity contribution in [2.24, 2.45) is 23.7 Å². The van der Waals surface area contributed by atoms with Crippen LogP contribution in [0.3, 0.4) is 0 Å². The predicted molar refractivity (Wildman–Crippen MR) is 46.2 cm³/mol. The molecular weight excluding hydrogens is 156 g/mol. The predicted octanol–water partition coefficient (Wildman–Crippen LogP) is 2.33. The summed E-state index contributed by atoms with van der Waals surface area (Å²) < 4.78 is 5.58. The van der Waals surface area contributed by atoms with Crippen LogP contribution in [0.15, 0.2) is 0 Å². The van der Waals surface area contributed by atoms with Crippen LogP contribution in [0.25, 0.3) is 0 Å². The van der Waals surface area contributed by atoms with Crippen molar-refractivity contribution < 1.29 is 4.18 Å². The zero-order chi connectivity index (χ0) is 7.42. The molecule has 0 aromatic rings. The fourth-order valence-corrected chi connectivity index (χ4v) is 3.81. The van der Waals surface area contributed by atoms with Gasteiger partial charge in [0.1, 0.15) is 0 Å². The van der Waals surface area contributed by atoms with Crippen molar-refractivity contribution in [2.75, 3.05) is 6.26 Å². The summed E-state index contributed by atoms with van der Waals surface area (Å²) in [7, 11) is 0. The lowest BCUT2D eigenvalue weighted by Crippen LogP contribution is -2.65. The molecule has 0 spiro atoms.